The number of benzene rings is 3. The standard InChI is InChI=1S/C23H17F2N3O3/c1-26-22(30)17-9-8-15(18-11-27-23(31)20(17)18)16-7-6-14(10-19(16)25)28-21(29)12-2-4-13(24)5-3-12/h2-10H,11H2,1H3,(H,26,30)(H,27,31)(H,28,29). The fourth-order valence-electron chi connectivity index (χ4n) is 3.54. The molecule has 0 atom stereocenters. The lowest BCUT2D eigenvalue weighted by molar-refractivity contribution is 0.0932. The Labute approximate surface area is 176 Å². The van der Waals surface area contributed by atoms with E-state index in [0.717, 1.165) is 12.1 Å². The number of carbonyl (C=O) groups is 3. The van der Waals surface area contributed by atoms with Gasteiger partial charge in [-0.25, -0.2) is 8.78 Å². The summed E-state index contributed by atoms with van der Waals surface area (Å²) in [4.78, 5) is 36.6. The summed E-state index contributed by atoms with van der Waals surface area (Å²) in [5.74, 6) is -2.36. The molecule has 0 bridgehead atoms. The first-order valence-electron chi connectivity index (χ1n) is 9.42. The first-order valence-corrected chi connectivity index (χ1v) is 9.42. The molecule has 0 unspecified atom stereocenters. The highest BCUT2D eigenvalue weighted by atomic mass is 19.1. The van der Waals surface area contributed by atoms with Gasteiger partial charge in [0.1, 0.15) is 11.6 Å². The molecule has 156 valence electrons. The van der Waals surface area contributed by atoms with Gasteiger partial charge in [0, 0.05) is 30.4 Å². The van der Waals surface area contributed by atoms with Crippen LogP contribution in [0.5, 0.6) is 0 Å². The Morgan fingerprint density at radius 3 is 2.32 bits per heavy atom. The zero-order chi connectivity index (χ0) is 22.1. The number of halogens is 2. The van der Waals surface area contributed by atoms with E-state index in [4.69, 9.17) is 0 Å². The normalized spacial score (nSPS) is 12.2. The van der Waals surface area contributed by atoms with E-state index in [2.05, 4.69) is 16.0 Å². The third-order valence-electron chi connectivity index (χ3n) is 5.06. The predicted molar refractivity (Wildman–Crippen MR) is 111 cm³/mol. The summed E-state index contributed by atoms with van der Waals surface area (Å²) in [6.45, 7) is 0.177. The van der Waals surface area contributed by atoms with Gasteiger partial charge in [-0.2, -0.15) is 0 Å². The second-order valence-electron chi connectivity index (χ2n) is 6.93. The number of hydrogen-bond donors (Lipinski definition) is 3. The summed E-state index contributed by atoms with van der Waals surface area (Å²) in [6.07, 6.45) is 0. The van der Waals surface area contributed by atoms with Crippen molar-refractivity contribution in [3.63, 3.8) is 0 Å². The van der Waals surface area contributed by atoms with Crippen molar-refractivity contribution < 1.29 is 23.2 Å². The Kier molecular flexibility index (Phi) is 5.21. The molecule has 0 aliphatic carbocycles. The van der Waals surface area contributed by atoms with Crippen molar-refractivity contribution in [3.8, 4) is 11.1 Å². The largest absolute Gasteiger partial charge is 0.355 e. The molecular weight excluding hydrogens is 404 g/mol. The highest BCUT2D eigenvalue weighted by Crippen LogP contribution is 2.34. The zero-order valence-electron chi connectivity index (χ0n) is 16.4. The first kappa shape index (κ1) is 20.2. The van der Waals surface area contributed by atoms with E-state index < -0.39 is 23.4 Å². The lowest BCUT2D eigenvalue weighted by atomic mass is 9.92. The Bertz CT molecular complexity index is 1220. The van der Waals surface area contributed by atoms with Gasteiger partial charge in [0.15, 0.2) is 0 Å². The maximum atomic E-state index is 14.9. The number of rotatable bonds is 4. The number of hydrogen-bond acceptors (Lipinski definition) is 3. The molecule has 8 heteroatoms. The highest BCUT2D eigenvalue weighted by Gasteiger charge is 2.29. The van der Waals surface area contributed by atoms with Crippen LogP contribution in [0.25, 0.3) is 11.1 Å². The molecule has 0 spiro atoms. The van der Waals surface area contributed by atoms with Gasteiger partial charge in [-0.15, -0.1) is 0 Å². The van der Waals surface area contributed by atoms with Crippen LogP contribution in [0.15, 0.2) is 54.6 Å². The van der Waals surface area contributed by atoms with Crippen LogP contribution in [0.4, 0.5) is 14.5 Å². The maximum Gasteiger partial charge on any atom is 0.255 e. The Morgan fingerprint density at radius 2 is 1.65 bits per heavy atom. The van der Waals surface area contributed by atoms with Crippen molar-refractivity contribution in [2.24, 2.45) is 0 Å². The van der Waals surface area contributed by atoms with Gasteiger partial charge in [-0.1, -0.05) is 6.07 Å². The quantitative estimate of drug-likeness (QED) is 0.603. The van der Waals surface area contributed by atoms with Crippen molar-refractivity contribution >= 4 is 23.4 Å². The van der Waals surface area contributed by atoms with Crippen molar-refractivity contribution in [3.05, 3.63) is 88.5 Å². The molecule has 3 aromatic rings. The van der Waals surface area contributed by atoms with E-state index >= 15 is 0 Å². The Hall–Kier alpha value is -4.07. The van der Waals surface area contributed by atoms with Gasteiger partial charge in [0.2, 0.25) is 0 Å². The molecule has 0 saturated carbocycles. The minimum absolute atomic E-state index is 0.177. The first-order chi connectivity index (χ1) is 14.9. The van der Waals surface area contributed by atoms with Gasteiger partial charge in [-0.05, 0) is 59.7 Å². The second-order valence-corrected chi connectivity index (χ2v) is 6.93. The van der Waals surface area contributed by atoms with Crippen molar-refractivity contribution in [2.75, 3.05) is 12.4 Å². The van der Waals surface area contributed by atoms with Crippen LogP contribution < -0.4 is 16.0 Å². The molecule has 3 amide bonds. The minimum Gasteiger partial charge on any atom is -0.355 e. The zero-order valence-corrected chi connectivity index (χ0v) is 16.4. The number of nitrogens with one attached hydrogen (secondary N) is 3. The van der Waals surface area contributed by atoms with Crippen molar-refractivity contribution in [1.29, 1.82) is 0 Å². The van der Waals surface area contributed by atoms with Crippen LogP contribution in [0.2, 0.25) is 0 Å². The summed E-state index contributed by atoms with van der Waals surface area (Å²) < 4.78 is 28.0. The molecule has 31 heavy (non-hydrogen) atoms. The number of amides is 3. The number of fused-ring (bicyclic) bond motifs is 1. The number of carbonyl (C=O) groups excluding carboxylic acids is 3. The van der Waals surface area contributed by atoms with Crippen LogP contribution in [0.1, 0.15) is 36.6 Å². The SMILES string of the molecule is CNC(=O)c1ccc(-c2ccc(NC(=O)c3ccc(F)cc3)cc2F)c2c1C(=O)NC2. The van der Waals surface area contributed by atoms with Crippen LogP contribution in [0.3, 0.4) is 0 Å². The Morgan fingerprint density at radius 1 is 0.935 bits per heavy atom. The minimum atomic E-state index is -0.605. The van der Waals surface area contributed by atoms with Gasteiger partial charge in [-0.3, -0.25) is 14.4 Å². The molecule has 0 radical (unpaired) electrons. The monoisotopic (exact) mass is 421 g/mol. The molecule has 1 aliphatic heterocycles. The van der Waals surface area contributed by atoms with Crippen molar-refractivity contribution in [2.45, 2.75) is 6.54 Å². The van der Waals surface area contributed by atoms with E-state index in [1.807, 2.05) is 0 Å². The summed E-state index contributed by atoms with van der Waals surface area (Å²) >= 11 is 0. The topological polar surface area (TPSA) is 87.3 Å². The van der Waals surface area contributed by atoms with Crippen LogP contribution >= 0.6 is 0 Å². The van der Waals surface area contributed by atoms with Gasteiger partial charge in [0.05, 0.1) is 11.1 Å². The maximum absolute atomic E-state index is 14.9. The lowest BCUT2D eigenvalue weighted by Crippen LogP contribution is -2.22. The van der Waals surface area contributed by atoms with Crippen LogP contribution in [0, 0.1) is 11.6 Å². The molecule has 0 fully saturated rings. The molecule has 3 N–H and O–H groups in total. The number of anilines is 1. The molecule has 1 heterocycles. The van der Waals surface area contributed by atoms with Gasteiger partial charge in [0.25, 0.3) is 17.7 Å². The van der Waals surface area contributed by atoms with Gasteiger partial charge < -0.3 is 16.0 Å². The molecule has 0 saturated heterocycles. The third kappa shape index (κ3) is 3.75. The summed E-state index contributed by atoms with van der Waals surface area (Å²) in [5.41, 5.74) is 2.16. The summed E-state index contributed by atoms with van der Waals surface area (Å²) in [7, 11) is 1.47. The van der Waals surface area contributed by atoms with Gasteiger partial charge >= 0.3 is 0 Å². The summed E-state index contributed by atoms with van der Waals surface area (Å²) in [6, 6.07) is 12.3. The fourth-order valence-corrected chi connectivity index (χ4v) is 3.54. The molecule has 0 aromatic heterocycles. The fraction of sp³-hybridized carbons (Fsp3) is 0.0870. The van der Waals surface area contributed by atoms with Crippen LogP contribution in [-0.4, -0.2) is 24.8 Å². The lowest BCUT2D eigenvalue weighted by Gasteiger charge is -2.13. The van der Waals surface area contributed by atoms with E-state index in [-0.39, 0.29) is 40.4 Å². The van der Waals surface area contributed by atoms with E-state index in [9.17, 15) is 23.2 Å². The summed E-state index contributed by atoms with van der Waals surface area (Å²) in [5, 5.41) is 7.73. The molecule has 3 aromatic carbocycles. The van der Waals surface area contributed by atoms with Crippen molar-refractivity contribution in [1.82, 2.24) is 10.6 Å². The average molecular weight is 421 g/mol. The predicted octanol–water partition coefficient (Wildman–Crippen LogP) is 3.49. The molecule has 1 aliphatic rings. The Balaban J connectivity index is 1.66. The third-order valence-corrected chi connectivity index (χ3v) is 5.06. The molecule has 4 rings (SSSR count). The van der Waals surface area contributed by atoms with E-state index in [1.54, 1.807) is 6.07 Å². The van der Waals surface area contributed by atoms with E-state index in [0.29, 0.717) is 11.1 Å². The molecule has 6 nitrogen and oxygen atoms in total. The average Bonchev–Trinajstić information content (AvgIpc) is 3.15. The van der Waals surface area contributed by atoms with Crippen LogP contribution in [-0.2, 0) is 6.54 Å². The second kappa shape index (κ2) is 7.98. The molecular formula is C23H17F2N3O3. The smallest absolute Gasteiger partial charge is 0.255 e. The highest BCUT2D eigenvalue weighted by molar-refractivity contribution is 6.11. The van der Waals surface area contributed by atoms with E-state index in [1.165, 1.54) is 43.4 Å².